The lowest BCUT2D eigenvalue weighted by molar-refractivity contribution is 0.102. The van der Waals surface area contributed by atoms with Crippen LogP contribution in [-0.4, -0.2) is 25.1 Å². The molecule has 1 aromatic carbocycles. The van der Waals surface area contributed by atoms with E-state index in [-0.39, 0.29) is 5.78 Å². The second kappa shape index (κ2) is 4.92. The number of imidazole rings is 1. The number of benzene rings is 1. The van der Waals surface area contributed by atoms with Gasteiger partial charge < -0.3 is 4.57 Å². The average Bonchev–Trinajstić information content (AvgIpc) is 3.04. The molecular formula is C15H16N4O. The van der Waals surface area contributed by atoms with Crippen LogP contribution in [-0.2, 0) is 13.6 Å². The molecule has 0 aliphatic heterocycles. The van der Waals surface area contributed by atoms with Gasteiger partial charge in [0.1, 0.15) is 5.69 Å². The molecule has 0 amide bonds. The van der Waals surface area contributed by atoms with Gasteiger partial charge in [-0.2, -0.15) is 5.10 Å². The molecule has 0 bridgehead atoms. The number of para-hydroxylation sites is 1. The number of fused-ring (bicyclic) bond motifs is 1. The number of carbonyl (C=O) groups is 1. The Hall–Kier alpha value is -2.43. The molecule has 2 heterocycles. The molecule has 5 heteroatoms. The van der Waals surface area contributed by atoms with Gasteiger partial charge in [0.15, 0.2) is 5.82 Å². The van der Waals surface area contributed by atoms with Crippen LogP contribution in [0.15, 0.2) is 36.7 Å². The number of nitrogens with zero attached hydrogens (tertiary/aromatic N) is 4. The Morgan fingerprint density at radius 2 is 2.10 bits per heavy atom. The van der Waals surface area contributed by atoms with E-state index in [0.29, 0.717) is 11.5 Å². The third kappa shape index (κ3) is 1.91. The smallest absolute Gasteiger partial charge is 0.249 e. The first kappa shape index (κ1) is 12.6. The zero-order valence-corrected chi connectivity index (χ0v) is 11.6. The van der Waals surface area contributed by atoms with Crippen molar-refractivity contribution in [3.63, 3.8) is 0 Å². The van der Waals surface area contributed by atoms with Gasteiger partial charge in [0.05, 0.1) is 5.52 Å². The van der Waals surface area contributed by atoms with E-state index in [2.05, 4.69) is 17.0 Å². The number of hydrogen-bond acceptors (Lipinski definition) is 3. The molecule has 0 spiro atoms. The van der Waals surface area contributed by atoms with Crippen LogP contribution in [0.5, 0.6) is 0 Å². The van der Waals surface area contributed by atoms with Gasteiger partial charge in [-0.15, -0.1) is 0 Å². The van der Waals surface area contributed by atoms with E-state index in [0.717, 1.165) is 23.9 Å². The summed E-state index contributed by atoms with van der Waals surface area (Å²) in [4.78, 5) is 16.9. The molecule has 0 saturated heterocycles. The fourth-order valence-corrected chi connectivity index (χ4v) is 2.43. The van der Waals surface area contributed by atoms with Gasteiger partial charge in [-0.3, -0.25) is 9.48 Å². The van der Waals surface area contributed by atoms with E-state index in [1.54, 1.807) is 10.9 Å². The largest absolute Gasteiger partial charge is 0.328 e. The second-order valence-electron chi connectivity index (χ2n) is 4.76. The Bertz CT molecular complexity index is 769. The van der Waals surface area contributed by atoms with Crippen LogP contribution in [0.2, 0.25) is 0 Å². The first-order chi connectivity index (χ1) is 9.72. The first-order valence-electron chi connectivity index (χ1n) is 6.70. The molecule has 0 saturated carbocycles. The SMILES string of the molecule is CCCn1ccnc1C(=O)c1nn(C)c2ccccc12. The third-order valence-corrected chi connectivity index (χ3v) is 3.36. The first-order valence-corrected chi connectivity index (χ1v) is 6.70. The maximum absolute atomic E-state index is 12.7. The molecule has 0 unspecified atom stereocenters. The molecule has 0 N–H and O–H groups in total. The van der Waals surface area contributed by atoms with Crippen LogP contribution in [0.3, 0.4) is 0 Å². The topological polar surface area (TPSA) is 52.7 Å². The van der Waals surface area contributed by atoms with Gasteiger partial charge in [-0.1, -0.05) is 25.1 Å². The zero-order chi connectivity index (χ0) is 14.1. The predicted octanol–water partition coefficient (Wildman–Crippen LogP) is 2.41. The number of rotatable bonds is 4. The minimum Gasteiger partial charge on any atom is -0.328 e. The minimum absolute atomic E-state index is 0.125. The van der Waals surface area contributed by atoms with Gasteiger partial charge >= 0.3 is 0 Å². The summed E-state index contributed by atoms with van der Waals surface area (Å²) in [6, 6.07) is 7.73. The van der Waals surface area contributed by atoms with E-state index in [1.165, 1.54) is 0 Å². The zero-order valence-electron chi connectivity index (χ0n) is 11.6. The summed E-state index contributed by atoms with van der Waals surface area (Å²) in [7, 11) is 1.84. The minimum atomic E-state index is -0.125. The van der Waals surface area contributed by atoms with Gasteiger partial charge in [0.2, 0.25) is 5.78 Å². The van der Waals surface area contributed by atoms with Crippen molar-refractivity contribution in [2.45, 2.75) is 19.9 Å². The summed E-state index contributed by atoms with van der Waals surface area (Å²) in [6.45, 7) is 2.86. The lowest BCUT2D eigenvalue weighted by atomic mass is 10.1. The molecular weight excluding hydrogens is 252 g/mol. The Morgan fingerprint density at radius 1 is 1.30 bits per heavy atom. The molecule has 0 atom stereocenters. The fourth-order valence-electron chi connectivity index (χ4n) is 2.43. The van der Waals surface area contributed by atoms with Crippen molar-refractivity contribution in [2.75, 3.05) is 0 Å². The predicted molar refractivity (Wildman–Crippen MR) is 76.7 cm³/mol. The Labute approximate surface area is 116 Å². The average molecular weight is 268 g/mol. The molecule has 2 aromatic heterocycles. The molecule has 3 rings (SSSR count). The van der Waals surface area contributed by atoms with Crippen LogP contribution in [0.4, 0.5) is 0 Å². The maximum Gasteiger partial charge on any atom is 0.249 e. The van der Waals surface area contributed by atoms with E-state index in [4.69, 9.17) is 0 Å². The summed E-state index contributed by atoms with van der Waals surface area (Å²) >= 11 is 0. The van der Waals surface area contributed by atoms with Gasteiger partial charge in [-0.05, 0) is 12.5 Å². The Balaban J connectivity index is 2.11. The van der Waals surface area contributed by atoms with Gasteiger partial charge in [0, 0.05) is 31.4 Å². The number of hydrogen-bond donors (Lipinski definition) is 0. The van der Waals surface area contributed by atoms with Crippen molar-refractivity contribution in [2.24, 2.45) is 7.05 Å². The quantitative estimate of drug-likeness (QED) is 0.683. The Morgan fingerprint density at radius 3 is 2.90 bits per heavy atom. The highest BCUT2D eigenvalue weighted by Gasteiger charge is 2.21. The lowest BCUT2D eigenvalue weighted by Crippen LogP contribution is -2.12. The summed E-state index contributed by atoms with van der Waals surface area (Å²) in [5.41, 5.74) is 1.41. The fraction of sp³-hybridized carbons (Fsp3) is 0.267. The van der Waals surface area contributed by atoms with Crippen LogP contribution in [0.1, 0.15) is 29.7 Å². The molecule has 0 fully saturated rings. The highest BCUT2D eigenvalue weighted by Crippen LogP contribution is 2.20. The van der Waals surface area contributed by atoms with E-state index >= 15 is 0 Å². The highest BCUT2D eigenvalue weighted by atomic mass is 16.1. The number of carbonyl (C=O) groups excluding carboxylic acids is 1. The molecule has 102 valence electrons. The van der Waals surface area contributed by atoms with E-state index in [1.807, 2.05) is 42.1 Å². The lowest BCUT2D eigenvalue weighted by Gasteiger charge is -2.03. The highest BCUT2D eigenvalue weighted by molar-refractivity contribution is 6.13. The van der Waals surface area contributed by atoms with Crippen LogP contribution in [0.25, 0.3) is 10.9 Å². The number of aromatic nitrogens is 4. The maximum atomic E-state index is 12.7. The van der Waals surface area contributed by atoms with Crippen LogP contribution in [0, 0.1) is 0 Å². The van der Waals surface area contributed by atoms with Crippen LogP contribution >= 0.6 is 0 Å². The summed E-state index contributed by atoms with van der Waals surface area (Å²) in [5.74, 6) is 0.330. The molecule has 3 aromatic rings. The number of aryl methyl sites for hydroxylation is 2. The molecule has 0 aliphatic rings. The van der Waals surface area contributed by atoms with Crippen molar-refractivity contribution in [1.82, 2.24) is 19.3 Å². The van der Waals surface area contributed by atoms with Crippen LogP contribution < -0.4 is 0 Å². The molecule has 20 heavy (non-hydrogen) atoms. The van der Waals surface area contributed by atoms with Crippen molar-refractivity contribution in [3.8, 4) is 0 Å². The van der Waals surface area contributed by atoms with Gasteiger partial charge in [0.25, 0.3) is 0 Å². The van der Waals surface area contributed by atoms with Crippen molar-refractivity contribution in [3.05, 3.63) is 48.2 Å². The summed E-state index contributed by atoms with van der Waals surface area (Å²) in [6.07, 6.45) is 4.45. The Kier molecular flexibility index (Phi) is 3.10. The molecule has 0 aliphatic carbocycles. The third-order valence-electron chi connectivity index (χ3n) is 3.36. The molecule has 0 radical (unpaired) electrons. The van der Waals surface area contributed by atoms with Crippen molar-refractivity contribution >= 4 is 16.7 Å². The second-order valence-corrected chi connectivity index (χ2v) is 4.76. The summed E-state index contributed by atoms with van der Waals surface area (Å²) < 4.78 is 3.61. The van der Waals surface area contributed by atoms with Crippen molar-refractivity contribution < 1.29 is 4.79 Å². The van der Waals surface area contributed by atoms with Gasteiger partial charge in [-0.25, -0.2) is 4.98 Å². The number of ketones is 1. The van der Waals surface area contributed by atoms with E-state index < -0.39 is 0 Å². The normalized spacial score (nSPS) is 11.1. The summed E-state index contributed by atoms with van der Waals surface area (Å²) in [5, 5.41) is 5.23. The standard InChI is InChI=1S/C15H16N4O/c1-3-9-19-10-8-16-15(19)14(20)13-11-6-4-5-7-12(11)18(2)17-13/h4-8,10H,3,9H2,1-2H3. The molecule has 5 nitrogen and oxygen atoms in total. The van der Waals surface area contributed by atoms with Crippen molar-refractivity contribution in [1.29, 1.82) is 0 Å². The monoisotopic (exact) mass is 268 g/mol. The van der Waals surface area contributed by atoms with E-state index in [9.17, 15) is 4.79 Å².